The molecule has 0 unspecified atom stereocenters. The first kappa shape index (κ1) is 7.34. The third-order valence-electron chi connectivity index (χ3n) is 1.19. The quantitative estimate of drug-likeness (QED) is 0.348. The lowest BCUT2D eigenvalue weighted by Crippen LogP contribution is -2.29. The van der Waals surface area contributed by atoms with Crippen LogP contribution >= 0.6 is 11.6 Å². The molecule has 10 heavy (non-hydrogen) atoms. The highest BCUT2D eigenvalue weighted by atomic mass is 35.5. The molecule has 0 aromatic rings. The average Bonchev–Trinajstić information content (AvgIpc) is 2.70. The van der Waals surface area contributed by atoms with Gasteiger partial charge in [-0.3, -0.25) is 4.79 Å². The topological polar surface area (TPSA) is 61.7 Å². The smallest absolute Gasteiger partial charge is 0.285 e. The molecule has 0 spiro atoms. The Morgan fingerprint density at radius 3 is 2.70 bits per heavy atom. The van der Waals surface area contributed by atoms with Crippen molar-refractivity contribution in [1.29, 1.82) is 0 Å². The van der Waals surface area contributed by atoms with Crippen molar-refractivity contribution in [3.05, 3.63) is 0 Å². The molecule has 56 valence electrons. The second-order valence-electron chi connectivity index (χ2n) is 2.14. The van der Waals surface area contributed by atoms with Crippen LogP contribution in [0.5, 0.6) is 0 Å². The third-order valence-corrected chi connectivity index (χ3v) is 1.43. The SMILES string of the molecule is O=C(NC1CC1)C(Cl)=NO. The fourth-order valence-corrected chi connectivity index (χ4v) is 0.573. The Bertz CT molecular complexity index is 176. The van der Waals surface area contributed by atoms with Crippen LogP contribution in [0.15, 0.2) is 5.16 Å². The molecule has 0 aromatic carbocycles. The van der Waals surface area contributed by atoms with Crippen LogP contribution in [-0.2, 0) is 4.79 Å². The van der Waals surface area contributed by atoms with E-state index in [-0.39, 0.29) is 6.04 Å². The van der Waals surface area contributed by atoms with Crippen molar-refractivity contribution < 1.29 is 10.0 Å². The number of carbonyl (C=O) groups is 1. The minimum Gasteiger partial charge on any atom is -0.409 e. The van der Waals surface area contributed by atoms with Crippen molar-refractivity contribution in [2.75, 3.05) is 0 Å². The van der Waals surface area contributed by atoms with Crippen LogP contribution < -0.4 is 5.32 Å². The number of halogens is 1. The molecule has 1 saturated carbocycles. The molecular formula is C5H7ClN2O2. The summed E-state index contributed by atoms with van der Waals surface area (Å²) in [7, 11) is 0. The molecule has 4 nitrogen and oxygen atoms in total. The van der Waals surface area contributed by atoms with Gasteiger partial charge in [-0.25, -0.2) is 0 Å². The van der Waals surface area contributed by atoms with Crippen molar-refractivity contribution in [3.8, 4) is 0 Å². The Morgan fingerprint density at radius 1 is 1.70 bits per heavy atom. The molecule has 0 aromatic heterocycles. The fourth-order valence-electron chi connectivity index (χ4n) is 0.518. The van der Waals surface area contributed by atoms with Gasteiger partial charge in [-0.2, -0.15) is 0 Å². The summed E-state index contributed by atoms with van der Waals surface area (Å²) < 4.78 is 0. The van der Waals surface area contributed by atoms with E-state index in [2.05, 4.69) is 10.5 Å². The van der Waals surface area contributed by atoms with Gasteiger partial charge in [0.25, 0.3) is 5.91 Å². The highest BCUT2D eigenvalue weighted by Gasteiger charge is 2.24. The zero-order valence-electron chi connectivity index (χ0n) is 5.17. The van der Waals surface area contributed by atoms with Gasteiger partial charge in [-0.1, -0.05) is 16.8 Å². The molecule has 1 aliphatic rings. The Kier molecular flexibility index (Phi) is 2.11. The minimum atomic E-state index is -0.508. The summed E-state index contributed by atoms with van der Waals surface area (Å²) >= 11 is 5.18. The maximum atomic E-state index is 10.7. The number of hydrogen-bond acceptors (Lipinski definition) is 3. The van der Waals surface area contributed by atoms with Crippen molar-refractivity contribution in [2.45, 2.75) is 18.9 Å². The van der Waals surface area contributed by atoms with E-state index in [1.54, 1.807) is 0 Å². The largest absolute Gasteiger partial charge is 0.409 e. The number of amides is 1. The summed E-state index contributed by atoms with van der Waals surface area (Å²) in [4.78, 5) is 10.7. The molecule has 5 heteroatoms. The van der Waals surface area contributed by atoms with E-state index in [1.807, 2.05) is 0 Å². The zero-order valence-corrected chi connectivity index (χ0v) is 5.93. The molecule has 1 fully saturated rings. The number of nitrogens with one attached hydrogen (secondary N) is 1. The predicted molar refractivity (Wildman–Crippen MR) is 36.2 cm³/mol. The number of oxime groups is 1. The second kappa shape index (κ2) is 2.88. The van der Waals surface area contributed by atoms with Gasteiger partial charge < -0.3 is 10.5 Å². The molecule has 1 amide bonds. The Hall–Kier alpha value is -0.770. The van der Waals surface area contributed by atoms with Crippen molar-refractivity contribution in [3.63, 3.8) is 0 Å². The second-order valence-corrected chi connectivity index (χ2v) is 2.50. The molecule has 0 heterocycles. The lowest BCUT2D eigenvalue weighted by molar-refractivity contribution is -0.114. The molecular weight excluding hydrogens is 156 g/mol. The van der Waals surface area contributed by atoms with Gasteiger partial charge in [-0.15, -0.1) is 0 Å². The molecule has 0 radical (unpaired) electrons. The molecule has 0 bridgehead atoms. The zero-order chi connectivity index (χ0) is 7.56. The number of nitrogens with zero attached hydrogens (tertiary/aromatic N) is 1. The lowest BCUT2D eigenvalue weighted by Gasteiger charge is -1.96. The average molecular weight is 163 g/mol. The van der Waals surface area contributed by atoms with E-state index in [9.17, 15) is 4.79 Å². The van der Waals surface area contributed by atoms with Gasteiger partial charge in [0.05, 0.1) is 0 Å². The molecule has 1 aliphatic carbocycles. The number of carbonyl (C=O) groups excluding carboxylic acids is 1. The normalized spacial score (nSPS) is 18.7. The molecule has 0 aliphatic heterocycles. The van der Waals surface area contributed by atoms with Gasteiger partial charge in [0.15, 0.2) is 0 Å². The molecule has 1 rings (SSSR count). The Labute approximate surface area is 62.9 Å². The van der Waals surface area contributed by atoms with Gasteiger partial charge in [0, 0.05) is 6.04 Å². The maximum absolute atomic E-state index is 10.7. The van der Waals surface area contributed by atoms with Gasteiger partial charge in [-0.05, 0) is 12.8 Å². The van der Waals surface area contributed by atoms with E-state index < -0.39 is 11.1 Å². The number of hydrogen-bond donors (Lipinski definition) is 2. The van der Waals surface area contributed by atoms with E-state index in [4.69, 9.17) is 16.8 Å². The van der Waals surface area contributed by atoms with E-state index in [0.717, 1.165) is 12.8 Å². The van der Waals surface area contributed by atoms with Crippen LogP contribution in [-0.4, -0.2) is 22.3 Å². The third kappa shape index (κ3) is 1.88. The lowest BCUT2D eigenvalue weighted by atomic mass is 10.6. The number of rotatable bonds is 2. The van der Waals surface area contributed by atoms with Gasteiger partial charge in [0.1, 0.15) is 0 Å². The van der Waals surface area contributed by atoms with Gasteiger partial charge >= 0.3 is 0 Å². The van der Waals surface area contributed by atoms with Crippen LogP contribution in [0.25, 0.3) is 0 Å². The first-order valence-electron chi connectivity index (χ1n) is 2.92. The van der Waals surface area contributed by atoms with Crippen LogP contribution in [0.1, 0.15) is 12.8 Å². The van der Waals surface area contributed by atoms with Crippen LogP contribution in [0, 0.1) is 0 Å². The first-order chi connectivity index (χ1) is 4.74. The standard InChI is InChI=1S/C5H7ClN2O2/c6-4(8-10)5(9)7-3-1-2-3/h3,10H,1-2H2,(H,7,9). The predicted octanol–water partition coefficient (Wildman–Crippen LogP) is 0.291. The van der Waals surface area contributed by atoms with E-state index in [0.29, 0.717) is 0 Å². The summed E-state index contributed by atoms with van der Waals surface area (Å²) in [5, 5.41) is 12.7. The van der Waals surface area contributed by atoms with Gasteiger partial charge in [0.2, 0.25) is 5.17 Å². The first-order valence-corrected chi connectivity index (χ1v) is 3.30. The minimum absolute atomic E-state index is 0.239. The summed E-state index contributed by atoms with van der Waals surface area (Å²) in [5.41, 5.74) is 0. The Balaban J connectivity index is 2.32. The Morgan fingerprint density at radius 2 is 2.30 bits per heavy atom. The summed E-state index contributed by atoms with van der Waals surface area (Å²) in [6.07, 6.45) is 1.97. The van der Waals surface area contributed by atoms with Crippen molar-refractivity contribution in [1.82, 2.24) is 5.32 Å². The van der Waals surface area contributed by atoms with Crippen LogP contribution in [0.3, 0.4) is 0 Å². The highest BCUT2D eigenvalue weighted by molar-refractivity contribution is 6.82. The maximum Gasteiger partial charge on any atom is 0.285 e. The fraction of sp³-hybridized carbons (Fsp3) is 0.600. The van der Waals surface area contributed by atoms with Crippen molar-refractivity contribution in [2.24, 2.45) is 5.16 Å². The monoisotopic (exact) mass is 162 g/mol. The van der Waals surface area contributed by atoms with E-state index in [1.165, 1.54) is 0 Å². The molecule has 0 atom stereocenters. The highest BCUT2D eigenvalue weighted by Crippen LogP contribution is 2.18. The molecule has 0 saturated heterocycles. The summed E-state index contributed by atoms with van der Waals surface area (Å²) in [6.45, 7) is 0. The van der Waals surface area contributed by atoms with Crippen LogP contribution in [0.2, 0.25) is 0 Å². The molecule has 2 N–H and O–H groups in total. The van der Waals surface area contributed by atoms with E-state index >= 15 is 0 Å². The summed E-state index contributed by atoms with van der Waals surface area (Å²) in [5.74, 6) is -0.508. The summed E-state index contributed by atoms with van der Waals surface area (Å²) in [6, 6.07) is 0.239. The van der Waals surface area contributed by atoms with Crippen molar-refractivity contribution >= 4 is 22.7 Å². The van der Waals surface area contributed by atoms with Crippen LogP contribution in [0.4, 0.5) is 0 Å².